The monoisotopic (exact) mass is 222 g/mol. The van der Waals surface area contributed by atoms with Crippen LogP contribution in [0, 0.1) is 23.7 Å². The zero-order valence-electron chi connectivity index (χ0n) is 9.61. The van der Waals surface area contributed by atoms with Gasteiger partial charge in [0.25, 0.3) is 5.92 Å². The van der Waals surface area contributed by atoms with E-state index in [1.54, 1.807) is 27.7 Å². The minimum atomic E-state index is -2.98. The van der Waals surface area contributed by atoms with Gasteiger partial charge < -0.3 is 10.2 Å². The summed E-state index contributed by atoms with van der Waals surface area (Å²) in [5.74, 6) is -5.94. The maximum atomic E-state index is 14.0. The van der Waals surface area contributed by atoms with E-state index in [2.05, 4.69) is 0 Å². The van der Waals surface area contributed by atoms with Crippen molar-refractivity contribution in [3.8, 4) is 0 Å². The fraction of sp³-hybridized carbons (Fsp3) is 1.00. The molecule has 0 heterocycles. The van der Waals surface area contributed by atoms with Crippen molar-refractivity contribution in [1.29, 1.82) is 0 Å². The van der Waals surface area contributed by atoms with Gasteiger partial charge in [-0.3, -0.25) is 0 Å². The van der Waals surface area contributed by atoms with Crippen molar-refractivity contribution in [2.75, 3.05) is 0 Å². The molecule has 90 valence electrons. The smallest absolute Gasteiger partial charge is 0.259 e. The first-order valence-electron chi connectivity index (χ1n) is 5.45. The van der Waals surface area contributed by atoms with E-state index >= 15 is 0 Å². The Balaban J connectivity index is 3.04. The Morgan fingerprint density at radius 3 is 1.27 bits per heavy atom. The third-order valence-corrected chi connectivity index (χ3v) is 3.41. The molecule has 2 nitrogen and oxygen atoms in total. The highest BCUT2D eigenvalue weighted by Gasteiger charge is 2.63. The number of rotatable bonds is 2. The van der Waals surface area contributed by atoms with Gasteiger partial charge in [0.2, 0.25) is 0 Å². The largest absolute Gasteiger partial charge is 0.390 e. The second-order valence-electron chi connectivity index (χ2n) is 5.20. The number of alkyl halides is 2. The molecule has 0 spiro atoms. The Kier molecular flexibility index (Phi) is 3.41. The molecule has 15 heavy (non-hydrogen) atoms. The van der Waals surface area contributed by atoms with Gasteiger partial charge in [-0.05, 0) is 11.8 Å². The maximum Gasteiger partial charge on any atom is 0.259 e. The number of aliphatic hydroxyl groups excluding tert-OH is 2. The van der Waals surface area contributed by atoms with Gasteiger partial charge in [0.15, 0.2) is 0 Å². The van der Waals surface area contributed by atoms with Crippen LogP contribution in [0.1, 0.15) is 27.7 Å². The summed E-state index contributed by atoms with van der Waals surface area (Å²) in [4.78, 5) is 0. The summed E-state index contributed by atoms with van der Waals surface area (Å²) in [6, 6.07) is 0. The molecule has 0 amide bonds. The van der Waals surface area contributed by atoms with E-state index in [9.17, 15) is 19.0 Å². The Morgan fingerprint density at radius 2 is 1.13 bits per heavy atom. The lowest BCUT2D eigenvalue weighted by Crippen LogP contribution is -2.38. The predicted octanol–water partition coefficient (Wildman–Crippen LogP) is 1.90. The molecule has 1 saturated carbocycles. The van der Waals surface area contributed by atoms with E-state index in [0.717, 1.165) is 0 Å². The second kappa shape index (κ2) is 3.98. The number of hydrogen-bond acceptors (Lipinski definition) is 2. The van der Waals surface area contributed by atoms with Crippen molar-refractivity contribution >= 4 is 0 Å². The van der Waals surface area contributed by atoms with Crippen molar-refractivity contribution in [1.82, 2.24) is 0 Å². The van der Waals surface area contributed by atoms with E-state index in [4.69, 9.17) is 0 Å². The molecule has 2 N–H and O–H groups in total. The standard InChI is InChI=1S/C11H20F2O2/c1-5(2)7-9(14)10(15)8(6(3)4)11(7,12)13/h5-10,14-15H,1-4H3. The van der Waals surface area contributed by atoms with Crippen molar-refractivity contribution in [2.24, 2.45) is 23.7 Å². The van der Waals surface area contributed by atoms with E-state index in [-0.39, 0.29) is 11.8 Å². The van der Waals surface area contributed by atoms with Gasteiger partial charge in [0, 0.05) is 0 Å². The number of aliphatic hydroxyl groups is 2. The van der Waals surface area contributed by atoms with Crippen LogP contribution in [-0.4, -0.2) is 28.3 Å². The van der Waals surface area contributed by atoms with Crippen molar-refractivity contribution in [2.45, 2.75) is 45.8 Å². The molecule has 1 rings (SSSR count). The summed E-state index contributed by atoms with van der Waals surface area (Å²) in [5.41, 5.74) is 0. The fourth-order valence-electron chi connectivity index (χ4n) is 2.78. The van der Waals surface area contributed by atoms with E-state index in [0.29, 0.717) is 0 Å². The normalized spacial score (nSPS) is 40.4. The molecular formula is C11H20F2O2. The molecule has 0 bridgehead atoms. The Bertz CT molecular complexity index is 207. The van der Waals surface area contributed by atoms with Crippen LogP contribution in [-0.2, 0) is 0 Å². The molecule has 4 heteroatoms. The Hall–Kier alpha value is -0.220. The van der Waals surface area contributed by atoms with Gasteiger partial charge >= 0.3 is 0 Å². The van der Waals surface area contributed by atoms with Crippen LogP contribution in [0.5, 0.6) is 0 Å². The average Bonchev–Trinajstić information content (AvgIpc) is 2.17. The highest BCUT2D eigenvalue weighted by Crippen LogP contribution is 2.51. The summed E-state index contributed by atoms with van der Waals surface area (Å²) in [6.45, 7) is 6.60. The average molecular weight is 222 g/mol. The van der Waals surface area contributed by atoms with Gasteiger partial charge in [-0.25, -0.2) is 8.78 Å². The van der Waals surface area contributed by atoms with Gasteiger partial charge in [-0.1, -0.05) is 27.7 Å². The summed E-state index contributed by atoms with van der Waals surface area (Å²) >= 11 is 0. The van der Waals surface area contributed by atoms with Gasteiger partial charge in [-0.2, -0.15) is 0 Å². The molecule has 0 aromatic heterocycles. The molecule has 1 aliphatic carbocycles. The first-order valence-corrected chi connectivity index (χ1v) is 5.45. The van der Waals surface area contributed by atoms with Gasteiger partial charge in [0.05, 0.1) is 24.0 Å². The van der Waals surface area contributed by atoms with Crippen LogP contribution in [0.3, 0.4) is 0 Å². The molecule has 1 fully saturated rings. The minimum Gasteiger partial charge on any atom is -0.390 e. The first kappa shape index (κ1) is 12.8. The van der Waals surface area contributed by atoms with Crippen molar-refractivity contribution < 1.29 is 19.0 Å². The SMILES string of the molecule is CC(C)C1C(O)C(O)C(C(C)C)C1(F)F. The summed E-state index contributed by atoms with van der Waals surface area (Å²) in [5, 5.41) is 19.3. The van der Waals surface area contributed by atoms with E-state index < -0.39 is 30.0 Å². The third-order valence-electron chi connectivity index (χ3n) is 3.41. The fourth-order valence-corrected chi connectivity index (χ4v) is 2.78. The van der Waals surface area contributed by atoms with Gasteiger partial charge in [0.1, 0.15) is 0 Å². The molecule has 0 aromatic carbocycles. The lowest BCUT2D eigenvalue weighted by atomic mass is 9.85. The molecule has 4 unspecified atom stereocenters. The van der Waals surface area contributed by atoms with Gasteiger partial charge in [-0.15, -0.1) is 0 Å². The van der Waals surface area contributed by atoms with Crippen LogP contribution in [0.15, 0.2) is 0 Å². The topological polar surface area (TPSA) is 40.5 Å². The predicted molar refractivity (Wildman–Crippen MR) is 53.6 cm³/mol. The summed E-state index contributed by atoms with van der Waals surface area (Å²) in [7, 11) is 0. The van der Waals surface area contributed by atoms with Crippen LogP contribution >= 0.6 is 0 Å². The minimum absolute atomic E-state index is 0.339. The number of halogens is 2. The maximum absolute atomic E-state index is 14.0. The van der Waals surface area contributed by atoms with Crippen LogP contribution in [0.25, 0.3) is 0 Å². The second-order valence-corrected chi connectivity index (χ2v) is 5.20. The van der Waals surface area contributed by atoms with E-state index in [1.165, 1.54) is 0 Å². The first-order chi connectivity index (χ1) is 6.71. The van der Waals surface area contributed by atoms with Crippen LogP contribution in [0.2, 0.25) is 0 Å². The lowest BCUT2D eigenvalue weighted by molar-refractivity contribution is -0.118. The zero-order chi connectivity index (χ0) is 12.0. The molecule has 0 aromatic rings. The summed E-state index contributed by atoms with van der Waals surface area (Å²) < 4.78 is 27.9. The van der Waals surface area contributed by atoms with Crippen molar-refractivity contribution in [3.63, 3.8) is 0 Å². The van der Waals surface area contributed by atoms with Crippen LogP contribution < -0.4 is 0 Å². The lowest BCUT2D eigenvalue weighted by Gasteiger charge is -2.29. The quantitative estimate of drug-likeness (QED) is 0.749. The molecule has 0 aliphatic heterocycles. The summed E-state index contributed by atoms with van der Waals surface area (Å²) in [6.07, 6.45) is -2.63. The highest BCUT2D eigenvalue weighted by molar-refractivity contribution is 5.04. The highest BCUT2D eigenvalue weighted by atomic mass is 19.3. The Labute approximate surface area is 89.3 Å². The van der Waals surface area contributed by atoms with Crippen molar-refractivity contribution in [3.05, 3.63) is 0 Å². The Morgan fingerprint density at radius 1 is 0.867 bits per heavy atom. The number of hydrogen-bond donors (Lipinski definition) is 2. The molecule has 1 aliphatic rings. The van der Waals surface area contributed by atoms with E-state index in [1.807, 2.05) is 0 Å². The molecule has 0 saturated heterocycles. The zero-order valence-corrected chi connectivity index (χ0v) is 9.61. The molecule has 0 radical (unpaired) electrons. The molecular weight excluding hydrogens is 202 g/mol. The molecule has 4 atom stereocenters. The third kappa shape index (κ3) is 1.89. The van der Waals surface area contributed by atoms with Crippen LogP contribution in [0.4, 0.5) is 8.78 Å².